The van der Waals surface area contributed by atoms with Crippen molar-refractivity contribution in [3.05, 3.63) is 65.5 Å². The molecule has 1 aromatic heterocycles. The van der Waals surface area contributed by atoms with Crippen LogP contribution in [0.4, 0.5) is 0 Å². The van der Waals surface area contributed by atoms with Crippen LogP contribution in [0.1, 0.15) is 21.6 Å². The maximum atomic E-state index is 11.7. The van der Waals surface area contributed by atoms with Crippen LogP contribution in [0.5, 0.6) is 0 Å². The lowest BCUT2D eigenvalue weighted by Gasteiger charge is -2.06. The first-order valence-electron chi connectivity index (χ1n) is 7.19. The first-order valence-corrected chi connectivity index (χ1v) is 7.19. The summed E-state index contributed by atoms with van der Waals surface area (Å²) in [7, 11) is 0. The normalized spacial score (nSPS) is 9.33. The summed E-state index contributed by atoms with van der Waals surface area (Å²) in [4.78, 5) is 38.3. The van der Waals surface area contributed by atoms with Crippen LogP contribution in [0.25, 0.3) is 0 Å². The van der Waals surface area contributed by atoms with Gasteiger partial charge in [-0.05, 0) is 23.6 Å². The van der Waals surface area contributed by atoms with Gasteiger partial charge in [-0.15, -0.1) is 0 Å². The summed E-state index contributed by atoms with van der Waals surface area (Å²) < 4.78 is 0. The van der Waals surface area contributed by atoms with Gasteiger partial charge in [-0.2, -0.15) is 0 Å². The summed E-state index contributed by atoms with van der Waals surface area (Å²) in [6, 6.07) is 12.2. The highest BCUT2D eigenvalue weighted by Crippen LogP contribution is 2.05. The van der Waals surface area contributed by atoms with E-state index in [2.05, 4.69) is 27.5 Å². The third-order valence-electron chi connectivity index (χ3n) is 3.05. The van der Waals surface area contributed by atoms with Crippen molar-refractivity contribution in [1.29, 1.82) is 0 Å². The first-order chi connectivity index (χ1) is 11.7. The van der Waals surface area contributed by atoms with Gasteiger partial charge < -0.3 is 10.6 Å². The van der Waals surface area contributed by atoms with Crippen LogP contribution in [-0.4, -0.2) is 29.6 Å². The number of carbonyl (C=O) groups is 3. The van der Waals surface area contributed by atoms with E-state index >= 15 is 0 Å². The number of nitrogens with one attached hydrogen (secondary N) is 2. The Bertz CT molecular complexity index is 792. The summed E-state index contributed by atoms with van der Waals surface area (Å²) in [5, 5.41) is 4.86. The van der Waals surface area contributed by atoms with Crippen molar-refractivity contribution in [2.45, 2.75) is 6.54 Å². The molecule has 2 rings (SSSR count). The first kappa shape index (κ1) is 16.9. The number of pyridine rings is 1. The van der Waals surface area contributed by atoms with E-state index < -0.39 is 11.8 Å². The molecule has 0 fully saturated rings. The van der Waals surface area contributed by atoms with Crippen LogP contribution in [0.2, 0.25) is 0 Å². The SMILES string of the molecule is O=Cc1ccccc1CNC(=O)C(=O)NCC#Cc1ccccn1. The highest BCUT2D eigenvalue weighted by molar-refractivity contribution is 6.35. The van der Waals surface area contributed by atoms with Gasteiger partial charge in [0.15, 0.2) is 0 Å². The maximum Gasteiger partial charge on any atom is 0.310 e. The van der Waals surface area contributed by atoms with Gasteiger partial charge in [0.2, 0.25) is 0 Å². The predicted molar refractivity (Wildman–Crippen MR) is 87.8 cm³/mol. The second-order valence-electron chi connectivity index (χ2n) is 4.70. The van der Waals surface area contributed by atoms with Gasteiger partial charge in [-0.3, -0.25) is 14.4 Å². The molecule has 2 amide bonds. The summed E-state index contributed by atoms with van der Waals surface area (Å²) in [5.41, 5.74) is 1.70. The molecule has 0 aliphatic rings. The molecule has 0 aliphatic carbocycles. The second kappa shape index (κ2) is 8.86. The van der Waals surface area contributed by atoms with Crippen LogP contribution >= 0.6 is 0 Å². The minimum atomic E-state index is -0.783. The molecular weight excluding hydrogens is 306 g/mol. The lowest BCUT2D eigenvalue weighted by Crippen LogP contribution is -2.39. The van der Waals surface area contributed by atoms with Crippen molar-refractivity contribution >= 4 is 18.1 Å². The van der Waals surface area contributed by atoms with E-state index in [0.717, 1.165) is 0 Å². The smallest absolute Gasteiger partial charge is 0.310 e. The zero-order chi connectivity index (χ0) is 17.2. The Morgan fingerprint density at radius 1 is 1.04 bits per heavy atom. The van der Waals surface area contributed by atoms with Gasteiger partial charge in [0.25, 0.3) is 0 Å². The third kappa shape index (κ3) is 5.07. The molecule has 1 heterocycles. The number of aldehydes is 1. The van der Waals surface area contributed by atoms with Crippen molar-refractivity contribution in [3.63, 3.8) is 0 Å². The maximum absolute atomic E-state index is 11.7. The number of rotatable bonds is 4. The Kier molecular flexibility index (Phi) is 6.24. The van der Waals surface area contributed by atoms with Crippen molar-refractivity contribution in [1.82, 2.24) is 15.6 Å². The number of amides is 2. The Balaban J connectivity index is 1.79. The van der Waals surface area contributed by atoms with Crippen LogP contribution < -0.4 is 10.6 Å². The van der Waals surface area contributed by atoms with E-state index in [0.29, 0.717) is 23.1 Å². The number of aromatic nitrogens is 1. The molecule has 120 valence electrons. The van der Waals surface area contributed by atoms with E-state index in [1.807, 2.05) is 0 Å². The Labute approximate surface area is 139 Å². The van der Waals surface area contributed by atoms with E-state index in [1.54, 1.807) is 48.7 Å². The number of nitrogens with zero attached hydrogens (tertiary/aromatic N) is 1. The largest absolute Gasteiger partial charge is 0.344 e. The average Bonchev–Trinajstić information content (AvgIpc) is 2.64. The quantitative estimate of drug-likeness (QED) is 0.492. The molecule has 6 nitrogen and oxygen atoms in total. The van der Waals surface area contributed by atoms with Crippen molar-refractivity contribution in [2.75, 3.05) is 6.54 Å². The fourth-order valence-electron chi connectivity index (χ4n) is 1.84. The van der Waals surface area contributed by atoms with Gasteiger partial charge in [-0.25, -0.2) is 4.98 Å². The molecule has 0 atom stereocenters. The van der Waals surface area contributed by atoms with Crippen LogP contribution in [0.3, 0.4) is 0 Å². The molecule has 24 heavy (non-hydrogen) atoms. The summed E-state index contributed by atoms with van der Waals surface area (Å²) in [5.74, 6) is 3.91. The Morgan fingerprint density at radius 2 is 1.79 bits per heavy atom. The molecular formula is C18H15N3O3. The lowest BCUT2D eigenvalue weighted by atomic mass is 10.1. The number of hydrogen-bond acceptors (Lipinski definition) is 4. The lowest BCUT2D eigenvalue weighted by molar-refractivity contribution is -0.139. The van der Waals surface area contributed by atoms with Gasteiger partial charge >= 0.3 is 11.8 Å². The molecule has 1 aromatic carbocycles. The molecule has 0 unspecified atom stereocenters. The fraction of sp³-hybridized carbons (Fsp3) is 0.111. The Morgan fingerprint density at radius 3 is 2.54 bits per heavy atom. The molecule has 0 aliphatic heterocycles. The molecule has 0 radical (unpaired) electrons. The highest BCUT2D eigenvalue weighted by Gasteiger charge is 2.12. The second-order valence-corrected chi connectivity index (χ2v) is 4.70. The Hall–Kier alpha value is -3.46. The van der Waals surface area contributed by atoms with Crippen LogP contribution in [0, 0.1) is 11.8 Å². The predicted octanol–water partition coefficient (Wildman–Crippen LogP) is 0.678. The number of carbonyl (C=O) groups excluding carboxylic acids is 3. The standard InChI is InChI=1S/C18H15N3O3/c22-13-15-7-2-1-6-14(15)12-21-18(24)17(23)20-11-5-9-16-8-3-4-10-19-16/h1-4,6-8,10,13H,11-12H2,(H,20,23)(H,21,24). The van der Waals surface area contributed by atoms with Crippen LogP contribution in [0.15, 0.2) is 48.7 Å². The van der Waals surface area contributed by atoms with Gasteiger partial charge in [0, 0.05) is 18.3 Å². The third-order valence-corrected chi connectivity index (χ3v) is 3.05. The molecule has 6 heteroatoms. The summed E-state index contributed by atoms with van der Waals surface area (Å²) in [6.45, 7) is 0.133. The molecule has 0 saturated heterocycles. The average molecular weight is 321 g/mol. The minimum Gasteiger partial charge on any atom is -0.344 e. The monoisotopic (exact) mass is 321 g/mol. The molecule has 0 spiro atoms. The zero-order valence-corrected chi connectivity index (χ0v) is 12.8. The van der Waals surface area contributed by atoms with E-state index in [1.165, 1.54) is 0 Å². The molecule has 0 bridgehead atoms. The molecule has 0 saturated carbocycles. The van der Waals surface area contributed by atoms with Crippen LogP contribution in [-0.2, 0) is 16.1 Å². The van der Waals surface area contributed by atoms with Gasteiger partial charge in [-0.1, -0.05) is 36.3 Å². The van der Waals surface area contributed by atoms with Gasteiger partial charge in [0.1, 0.15) is 12.0 Å². The zero-order valence-electron chi connectivity index (χ0n) is 12.8. The minimum absolute atomic E-state index is 0.0355. The fourth-order valence-corrected chi connectivity index (χ4v) is 1.84. The van der Waals surface area contributed by atoms with Crippen molar-refractivity contribution in [3.8, 4) is 11.8 Å². The van der Waals surface area contributed by atoms with Crippen molar-refractivity contribution < 1.29 is 14.4 Å². The highest BCUT2D eigenvalue weighted by atomic mass is 16.2. The number of hydrogen-bond donors (Lipinski definition) is 2. The van der Waals surface area contributed by atoms with E-state index in [-0.39, 0.29) is 13.1 Å². The van der Waals surface area contributed by atoms with E-state index in [9.17, 15) is 14.4 Å². The number of benzene rings is 1. The summed E-state index contributed by atoms with van der Waals surface area (Å²) >= 11 is 0. The van der Waals surface area contributed by atoms with Gasteiger partial charge in [0.05, 0.1) is 6.54 Å². The summed E-state index contributed by atoms with van der Waals surface area (Å²) in [6.07, 6.45) is 2.32. The van der Waals surface area contributed by atoms with E-state index in [4.69, 9.17) is 0 Å². The molecule has 2 aromatic rings. The topological polar surface area (TPSA) is 88.2 Å². The van der Waals surface area contributed by atoms with Crippen molar-refractivity contribution in [2.24, 2.45) is 0 Å². The molecule has 2 N–H and O–H groups in total.